The summed E-state index contributed by atoms with van der Waals surface area (Å²) in [6.45, 7) is 13.5. The van der Waals surface area contributed by atoms with Crippen LogP contribution in [-0.2, 0) is 21.0 Å². The van der Waals surface area contributed by atoms with Gasteiger partial charge in [-0.2, -0.15) is 0 Å². The van der Waals surface area contributed by atoms with Gasteiger partial charge < -0.3 is 0 Å². The van der Waals surface area contributed by atoms with E-state index in [0.29, 0.717) is 0 Å². The molecule has 0 saturated carbocycles. The van der Waals surface area contributed by atoms with Gasteiger partial charge in [0.05, 0.1) is 0 Å². The molecular weight excluding hydrogens is 419 g/mol. The summed E-state index contributed by atoms with van der Waals surface area (Å²) in [5.41, 5.74) is 5.15. The fraction of sp³-hybridized carbons (Fsp3) is 0.290. The van der Waals surface area contributed by atoms with Crippen molar-refractivity contribution < 1.29 is 4.79 Å². The Bertz CT molecular complexity index is 1130. The molecule has 0 fully saturated rings. The lowest BCUT2D eigenvalue weighted by Gasteiger charge is -2.33. The Balaban J connectivity index is 2.04. The molecule has 33 heavy (non-hydrogen) atoms. The van der Waals surface area contributed by atoms with E-state index >= 15 is 0 Å². The van der Waals surface area contributed by atoms with E-state index in [1.807, 2.05) is 54.6 Å². The Morgan fingerprint density at radius 2 is 0.848 bits per heavy atom. The Hall–Kier alpha value is -2.76. The standard InChI is InChI=1S/C31H33OP/c1-29(2,3)25-26(30(4,5)6)27(25)33-28(32)31(22-16-10-7-11-17-22,23-18-12-8-13-19-23)24-20-14-9-15-21-24/h7-21H,1-6H3. The molecular formula is C31H33OP. The molecule has 2 heteroatoms. The van der Waals surface area contributed by atoms with Crippen LogP contribution in [0.4, 0.5) is 0 Å². The maximum Gasteiger partial charge on any atom is 0.201 e. The minimum atomic E-state index is -0.868. The SMILES string of the molecule is CC(C)(C)c1c(C(C)(C)C)c1=PC(=O)C(c1ccccc1)(c1ccccc1)c1ccccc1. The van der Waals surface area contributed by atoms with E-state index in [0.717, 1.165) is 24.9 Å². The van der Waals surface area contributed by atoms with Gasteiger partial charge in [-0.05, 0) is 46.9 Å². The highest BCUT2D eigenvalue weighted by atomic mass is 31.1. The predicted molar refractivity (Wildman–Crippen MR) is 141 cm³/mol. The third-order valence-corrected chi connectivity index (χ3v) is 7.52. The number of carbonyl (C=O) groups excluding carboxylic acids is 1. The number of hydrogen-bond donors (Lipinski definition) is 0. The monoisotopic (exact) mass is 452 g/mol. The minimum absolute atomic E-state index is 0.0279. The van der Waals surface area contributed by atoms with Crippen molar-refractivity contribution in [2.75, 3.05) is 0 Å². The third kappa shape index (κ3) is 4.28. The van der Waals surface area contributed by atoms with Crippen LogP contribution in [0.1, 0.15) is 69.4 Å². The maximum absolute atomic E-state index is 14.6. The minimum Gasteiger partial charge on any atom is -0.288 e. The molecule has 0 amide bonds. The largest absolute Gasteiger partial charge is 0.288 e. The second-order valence-corrected chi connectivity index (χ2v) is 11.9. The zero-order valence-corrected chi connectivity index (χ0v) is 21.4. The molecule has 4 aromatic rings. The summed E-state index contributed by atoms with van der Waals surface area (Å²) >= 11 is 0. The van der Waals surface area contributed by atoms with Gasteiger partial charge in [0.15, 0.2) is 0 Å². The number of rotatable bonds is 5. The molecule has 0 aliphatic heterocycles. The maximum atomic E-state index is 14.6. The molecule has 4 rings (SSSR count). The molecule has 0 unspecified atom stereocenters. The smallest absolute Gasteiger partial charge is 0.201 e. The van der Waals surface area contributed by atoms with Crippen molar-refractivity contribution in [1.29, 1.82) is 0 Å². The van der Waals surface area contributed by atoms with Crippen LogP contribution in [0.25, 0.3) is 0 Å². The molecule has 0 atom stereocenters. The summed E-state index contributed by atoms with van der Waals surface area (Å²) < 4.78 is 0. The summed E-state index contributed by atoms with van der Waals surface area (Å²) in [5, 5.41) is 0. The molecule has 4 aromatic carbocycles. The third-order valence-electron chi connectivity index (χ3n) is 6.32. The molecule has 0 saturated heterocycles. The van der Waals surface area contributed by atoms with Crippen LogP contribution >= 0.6 is 8.20 Å². The van der Waals surface area contributed by atoms with E-state index < -0.39 is 5.41 Å². The van der Waals surface area contributed by atoms with E-state index in [2.05, 4.69) is 77.9 Å². The first kappa shape index (κ1) is 23.4. The van der Waals surface area contributed by atoms with E-state index in [1.54, 1.807) is 0 Å². The normalized spacial score (nSPS) is 12.9. The van der Waals surface area contributed by atoms with Crippen molar-refractivity contribution in [1.82, 2.24) is 0 Å². The Morgan fingerprint density at radius 1 is 0.545 bits per heavy atom. The molecule has 0 bridgehead atoms. The highest BCUT2D eigenvalue weighted by Gasteiger charge is 2.44. The van der Waals surface area contributed by atoms with Gasteiger partial charge in [-0.3, -0.25) is 4.79 Å². The Labute approximate surface area is 200 Å². The van der Waals surface area contributed by atoms with Crippen LogP contribution in [0.15, 0.2) is 91.0 Å². The van der Waals surface area contributed by atoms with E-state index in [9.17, 15) is 4.79 Å². The van der Waals surface area contributed by atoms with Crippen LogP contribution in [0.5, 0.6) is 0 Å². The van der Waals surface area contributed by atoms with Gasteiger partial charge in [0.1, 0.15) is 5.41 Å². The predicted octanol–water partition coefficient (Wildman–Crippen LogP) is 8.20. The first-order valence-electron chi connectivity index (χ1n) is 11.6. The molecule has 0 spiro atoms. The summed E-state index contributed by atoms with van der Waals surface area (Å²) in [6, 6.07) is 30.8. The number of carbonyl (C=O) groups is 1. The molecule has 0 aliphatic rings. The fourth-order valence-corrected chi connectivity index (χ4v) is 6.69. The summed E-state index contributed by atoms with van der Waals surface area (Å²) in [4.78, 5) is 15.8. The molecule has 168 valence electrons. The molecule has 0 N–H and O–H groups in total. The van der Waals surface area contributed by atoms with Crippen LogP contribution < -0.4 is 0 Å². The van der Waals surface area contributed by atoms with E-state index in [1.165, 1.54) is 16.1 Å². The Morgan fingerprint density at radius 3 is 1.12 bits per heavy atom. The Kier molecular flexibility index (Phi) is 6.06. The lowest BCUT2D eigenvalue weighted by atomic mass is 9.70. The van der Waals surface area contributed by atoms with E-state index in [4.69, 9.17) is 0 Å². The average Bonchev–Trinajstić information content (AvgIpc) is 3.52. The summed E-state index contributed by atoms with van der Waals surface area (Å²) in [7, 11) is 0.772. The van der Waals surface area contributed by atoms with Crippen molar-refractivity contribution in [3.63, 3.8) is 0 Å². The van der Waals surface area contributed by atoms with Gasteiger partial charge in [0, 0.05) is 4.94 Å². The van der Waals surface area contributed by atoms with Crippen molar-refractivity contribution in [3.05, 3.63) is 124 Å². The van der Waals surface area contributed by atoms with Gasteiger partial charge in [0.25, 0.3) is 0 Å². The van der Waals surface area contributed by atoms with Gasteiger partial charge in [-0.1, -0.05) is 133 Å². The first-order valence-corrected chi connectivity index (χ1v) is 12.5. The summed E-state index contributed by atoms with van der Waals surface area (Å²) in [5.74, 6) is 0. The van der Waals surface area contributed by atoms with Crippen LogP contribution in [0, 0.1) is 4.94 Å². The highest BCUT2D eigenvalue weighted by molar-refractivity contribution is 7.51. The number of hydrogen-bond acceptors (Lipinski definition) is 1. The van der Waals surface area contributed by atoms with Gasteiger partial charge >= 0.3 is 0 Å². The van der Waals surface area contributed by atoms with E-state index in [-0.39, 0.29) is 16.4 Å². The van der Waals surface area contributed by atoms with Gasteiger partial charge in [-0.25, -0.2) is 0 Å². The topological polar surface area (TPSA) is 17.1 Å². The molecule has 0 aromatic heterocycles. The quantitative estimate of drug-likeness (QED) is 0.220. The molecule has 1 nitrogen and oxygen atoms in total. The second kappa shape index (κ2) is 8.54. The molecule has 0 heterocycles. The van der Waals surface area contributed by atoms with Gasteiger partial charge in [-0.15, -0.1) is 0 Å². The van der Waals surface area contributed by atoms with Crippen molar-refractivity contribution in [2.24, 2.45) is 0 Å². The van der Waals surface area contributed by atoms with Crippen molar-refractivity contribution in [2.45, 2.75) is 57.8 Å². The van der Waals surface area contributed by atoms with Crippen LogP contribution in [0.2, 0.25) is 0 Å². The molecule has 0 aliphatic carbocycles. The second-order valence-electron chi connectivity index (χ2n) is 10.9. The number of benzene rings is 3. The van der Waals surface area contributed by atoms with Crippen LogP contribution in [-0.4, -0.2) is 5.52 Å². The van der Waals surface area contributed by atoms with Crippen molar-refractivity contribution in [3.8, 4) is 0 Å². The first-order chi connectivity index (χ1) is 15.6. The van der Waals surface area contributed by atoms with Crippen molar-refractivity contribution >= 4 is 13.7 Å². The lowest BCUT2D eigenvalue weighted by Crippen LogP contribution is -2.35. The summed E-state index contributed by atoms with van der Waals surface area (Å²) in [6.07, 6.45) is 0. The lowest BCUT2D eigenvalue weighted by molar-refractivity contribution is -0.113. The zero-order chi connectivity index (χ0) is 23.9. The zero-order valence-electron chi connectivity index (χ0n) is 20.5. The fourth-order valence-electron chi connectivity index (χ4n) is 4.87. The van der Waals surface area contributed by atoms with Gasteiger partial charge in [0.2, 0.25) is 5.52 Å². The average molecular weight is 453 g/mol. The van der Waals surface area contributed by atoms with Crippen LogP contribution in [0.3, 0.4) is 0 Å². The highest BCUT2D eigenvalue weighted by Crippen LogP contribution is 2.49. The molecule has 0 radical (unpaired) electrons.